The van der Waals surface area contributed by atoms with E-state index >= 15 is 0 Å². The lowest BCUT2D eigenvalue weighted by molar-refractivity contribution is -0.117. The van der Waals surface area contributed by atoms with Gasteiger partial charge in [0.05, 0.1) is 21.0 Å². The maximum absolute atomic E-state index is 12.3. The highest BCUT2D eigenvalue weighted by atomic mass is 79.9. The van der Waals surface area contributed by atoms with Crippen LogP contribution in [0.2, 0.25) is 5.02 Å². The van der Waals surface area contributed by atoms with Gasteiger partial charge in [0.2, 0.25) is 5.91 Å². The number of carbonyl (C=O) groups excluding carboxylic acids is 1. The number of hydrogen-bond acceptors (Lipinski definition) is 3. The Hall–Kier alpha value is -1.14. The molecule has 122 valence electrons. The predicted octanol–water partition coefficient (Wildman–Crippen LogP) is 5.10. The van der Waals surface area contributed by atoms with Crippen LogP contribution in [0.4, 0.5) is 5.69 Å². The summed E-state index contributed by atoms with van der Waals surface area (Å²) < 4.78 is 1.09. The van der Waals surface area contributed by atoms with Gasteiger partial charge in [-0.2, -0.15) is 0 Å². The van der Waals surface area contributed by atoms with Crippen LogP contribution in [-0.4, -0.2) is 23.9 Å². The van der Waals surface area contributed by atoms with Gasteiger partial charge in [-0.25, -0.2) is 0 Å². The summed E-state index contributed by atoms with van der Waals surface area (Å²) in [5.41, 5.74) is 1.70. The molecule has 2 rings (SSSR count). The third kappa shape index (κ3) is 5.77. The normalized spacial score (nSPS) is 10.8. The van der Waals surface area contributed by atoms with Crippen molar-refractivity contribution in [3.05, 3.63) is 62.2 Å². The third-order valence-corrected chi connectivity index (χ3v) is 5.08. The minimum Gasteiger partial charge on any atom is -0.324 e. The maximum Gasteiger partial charge on any atom is 0.238 e. The number of rotatable bonds is 7. The van der Waals surface area contributed by atoms with E-state index in [2.05, 4.69) is 33.9 Å². The van der Waals surface area contributed by atoms with Crippen molar-refractivity contribution in [1.82, 2.24) is 4.90 Å². The predicted molar refractivity (Wildman–Crippen MR) is 102 cm³/mol. The summed E-state index contributed by atoms with van der Waals surface area (Å²) in [4.78, 5) is 15.5. The maximum atomic E-state index is 12.3. The zero-order chi connectivity index (χ0) is 16.8. The van der Waals surface area contributed by atoms with E-state index in [1.807, 2.05) is 36.1 Å². The summed E-state index contributed by atoms with van der Waals surface area (Å²) in [6, 6.07) is 9.65. The molecule has 1 heterocycles. The number of carbonyl (C=O) groups is 1. The molecule has 0 atom stereocenters. The molecule has 3 nitrogen and oxygen atoms in total. The van der Waals surface area contributed by atoms with Gasteiger partial charge in [-0.05, 0) is 52.7 Å². The van der Waals surface area contributed by atoms with E-state index in [4.69, 9.17) is 11.6 Å². The number of aryl methyl sites for hydroxylation is 1. The van der Waals surface area contributed by atoms with Gasteiger partial charge in [-0.3, -0.25) is 9.69 Å². The molecule has 0 unspecified atom stereocenters. The van der Waals surface area contributed by atoms with Crippen LogP contribution in [0.25, 0.3) is 0 Å². The lowest BCUT2D eigenvalue weighted by atomic mass is 10.2. The highest BCUT2D eigenvalue weighted by molar-refractivity contribution is 9.11. The van der Waals surface area contributed by atoms with Gasteiger partial charge in [0, 0.05) is 18.0 Å². The zero-order valence-electron chi connectivity index (χ0n) is 12.8. The van der Waals surface area contributed by atoms with Gasteiger partial charge in [0.15, 0.2) is 0 Å². The van der Waals surface area contributed by atoms with Crippen LogP contribution in [0.5, 0.6) is 0 Å². The summed E-state index contributed by atoms with van der Waals surface area (Å²) in [5.74, 6) is -0.0896. The standard InChI is InChI=1S/C17H18BrClN2OS/c1-3-8-21(10-13-5-7-16(18)23-13)11-17(22)20-15-6-4-12(2)9-14(15)19/h3-7,9H,1,8,10-11H2,2H3,(H,20,22). The minimum absolute atomic E-state index is 0.0896. The molecule has 0 fully saturated rings. The number of nitrogens with zero attached hydrogens (tertiary/aromatic N) is 1. The molecular formula is C17H18BrClN2OS. The molecule has 0 radical (unpaired) electrons. The van der Waals surface area contributed by atoms with Crippen molar-refractivity contribution in [2.45, 2.75) is 13.5 Å². The summed E-state index contributed by atoms with van der Waals surface area (Å²) in [6.45, 7) is 7.36. The van der Waals surface area contributed by atoms with Crippen LogP contribution in [0.15, 0.2) is 46.8 Å². The molecule has 0 aliphatic heterocycles. The smallest absolute Gasteiger partial charge is 0.238 e. The number of benzene rings is 1. The zero-order valence-corrected chi connectivity index (χ0v) is 16.0. The van der Waals surface area contributed by atoms with Crippen molar-refractivity contribution in [2.24, 2.45) is 0 Å². The van der Waals surface area contributed by atoms with Crippen molar-refractivity contribution in [2.75, 3.05) is 18.4 Å². The molecule has 6 heteroatoms. The van der Waals surface area contributed by atoms with E-state index < -0.39 is 0 Å². The van der Waals surface area contributed by atoms with E-state index in [-0.39, 0.29) is 12.5 Å². The summed E-state index contributed by atoms with van der Waals surface area (Å²) in [6.07, 6.45) is 1.80. The Balaban J connectivity index is 1.98. The molecule has 1 aromatic heterocycles. The highest BCUT2D eigenvalue weighted by Crippen LogP contribution is 2.24. The first-order valence-electron chi connectivity index (χ1n) is 7.11. The Morgan fingerprint density at radius 1 is 1.43 bits per heavy atom. The van der Waals surface area contributed by atoms with Crippen LogP contribution in [0, 0.1) is 6.92 Å². The van der Waals surface area contributed by atoms with Crippen LogP contribution in [0.3, 0.4) is 0 Å². The molecule has 0 saturated heterocycles. The quantitative estimate of drug-likeness (QED) is 0.641. The fraction of sp³-hybridized carbons (Fsp3) is 0.235. The molecule has 1 N–H and O–H groups in total. The monoisotopic (exact) mass is 412 g/mol. The Morgan fingerprint density at radius 2 is 2.22 bits per heavy atom. The van der Waals surface area contributed by atoms with Gasteiger partial charge < -0.3 is 5.32 Å². The molecule has 0 saturated carbocycles. The topological polar surface area (TPSA) is 32.3 Å². The fourth-order valence-electron chi connectivity index (χ4n) is 2.14. The van der Waals surface area contributed by atoms with Crippen LogP contribution < -0.4 is 5.32 Å². The fourth-order valence-corrected chi connectivity index (χ4v) is 3.95. The van der Waals surface area contributed by atoms with Gasteiger partial charge in [0.25, 0.3) is 0 Å². The molecule has 2 aromatic rings. The molecule has 1 amide bonds. The lowest BCUT2D eigenvalue weighted by Gasteiger charge is -2.19. The Bertz CT molecular complexity index is 702. The first-order chi connectivity index (χ1) is 11.0. The second-order valence-electron chi connectivity index (χ2n) is 5.20. The number of nitrogens with one attached hydrogen (secondary N) is 1. The van der Waals surface area contributed by atoms with E-state index in [0.29, 0.717) is 23.8 Å². The second kappa shape index (κ2) is 8.64. The molecule has 0 aliphatic rings. The summed E-state index contributed by atoms with van der Waals surface area (Å²) in [7, 11) is 0. The first-order valence-corrected chi connectivity index (χ1v) is 9.10. The SMILES string of the molecule is C=CCN(CC(=O)Nc1ccc(C)cc1Cl)Cc1ccc(Br)s1. The minimum atomic E-state index is -0.0896. The van der Waals surface area contributed by atoms with Gasteiger partial charge in [-0.1, -0.05) is 23.7 Å². The largest absolute Gasteiger partial charge is 0.324 e. The van der Waals surface area contributed by atoms with E-state index in [9.17, 15) is 4.79 Å². The summed E-state index contributed by atoms with van der Waals surface area (Å²) >= 11 is 11.3. The molecular weight excluding hydrogens is 396 g/mol. The lowest BCUT2D eigenvalue weighted by Crippen LogP contribution is -2.32. The van der Waals surface area contributed by atoms with E-state index in [0.717, 1.165) is 9.35 Å². The number of halogens is 2. The molecule has 23 heavy (non-hydrogen) atoms. The number of amides is 1. The van der Waals surface area contributed by atoms with E-state index in [1.54, 1.807) is 17.4 Å². The van der Waals surface area contributed by atoms with Crippen LogP contribution in [0.1, 0.15) is 10.4 Å². The average molecular weight is 414 g/mol. The summed E-state index contributed by atoms with van der Waals surface area (Å²) in [5, 5.41) is 3.42. The number of hydrogen-bond donors (Lipinski definition) is 1. The molecule has 0 spiro atoms. The number of anilines is 1. The highest BCUT2D eigenvalue weighted by Gasteiger charge is 2.13. The van der Waals surface area contributed by atoms with Crippen molar-refractivity contribution < 1.29 is 4.79 Å². The van der Waals surface area contributed by atoms with Gasteiger partial charge >= 0.3 is 0 Å². The Kier molecular flexibility index (Phi) is 6.84. The van der Waals surface area contributed by atoms with Crippen molar-refractivity contribution in [1.29, 1.82) is 0 Å². The van der Waals surface area contributed by atoms with Crippen LogP contribution in [-0.2, 0) is 11.3 Å². The van der Waals surface area contributed by atoms with Crippen LogP contribution >= 0.6 is 38.9 Å². The Labute approximate surface area is 154 Å². The average Bonchev–Trinajstić information content (AvgIpc) is 2.87. The first kappa shape index (κ1) is 18.2. The van der Waals surface area contributed by atoms with Crippen molar-refractivity contribution in [3.8, 4) is 0 Å². The van der Waals surface area contributed by atoms with Gasteiger partial charge in [-0.15, -0.1) is 17.9 Å². The molecule has 1 aromatic carbocycles. The van der Waals surface area contributed by atoms with Gasteiger partial charge in [0.1, 0.15) is 0 Å². The second-order valence-corrected chi connectivity index (χ2v) is 8.15. The molecule has 0 bridgehead atoms. The Morgan fingerprint density at radius 3 is 2.83 bits per heavy atom. The molecule has 0 aliphatic carbocycles. The number of thiophene rings is 1. The third-order valence-electron chi connectivity index (χ3n) is 3.16. The van der Waals surface area contributed by atoms with Crippen molar-refractivity contribution >= 4 is 50.5 Å². The van der Waals surface area contributed by atoms with E-state index in [1.165, 1.54) is 4.88 Å². The van der Waals surface area contributed by atoms with Crippen molar-refractivity contribution in [3.63, 3.8) is 0 Å².